The Morgan fingerprint density at radius 3 is 2.22 bits per heavy atom. The molecule has 1 aliphatic heterocycles. The fraction of sp³-hybridized carbons (Fsp3) is 0.333. The first-order valence-electron chi connectivity index (χ1n) is 12.4. The number of carbonyl (C=O) groups excluding carboxylic acids is 2. The number of rotatable bonds is 8. The van der Waals surface area contributed by atoms with Gasteiger partial charge in [0.25, 0.3) is 5.91 Å². The van der Waals surface area contributed by atoms with Gasteiger partial charge in [0, 0.05) is 24.8 Å². The third-order valence-corrected chi connectivity index (χ3v) is 6.92. The van der Waals surface area contributed by atoms with E-state index in [-0.39, 0.29) is 11.8 Å². The smallest absolute Gasteiger partial charge is 0.254 e. The molecule has 0 unspecified atom stereocenters. The predicted molar refractivity (Wildman–Crippen MR) is 144 cm³/mol. The van der Waals surface area contributed by atoms with Gasteiger partial charge in [0.15, 0.2) is 11.5 Å². The number of amides is 2. The van der Waals surface area contributed by atoms with E-state index in [4.69, 9.17) is 14.2 Å². The van der Waals surface area contributed by atoms with E-state index in [9.17, 15) is 9.59 Å². The van der Waals surface area contributed by atoms with Crippen molar-refractivity contribution >= 4 is 17.5 Å². The van der Waals surface area contributed by atoms with Crippen LogP contribution < -0.4 is 19.1 Å². The molecule has 1 aliphatic rings. The largest absolute Gasteiger partial charge is 0.497 e. The normalized spacial score (nSPS) is 16.7. The molecular formula is C30H34N2O5. The number of nitrogens with zero attached hydrogens (tertiary/aromatic N) is 2. The Bertz CT molecular complexity index is 1290. The lowest BCUT2D eigenvalue weighted by atomic mass is 9.78. The maximum absolute atomic E-state index is 14.6. The standard InChI is InChI=1S/C30H34N2O5/c1-7-15-32(21-10-8-9-19(2)16-21)30(34)27-23-17-25(36-5)26(37-6)18-24(23)29(33)31(3)28(27)20-11-13-22(35-4)14-12-20/h8-14,16-18,27-28H,7,15H2,1-6H3/t27-,28-/m1/s1. The highest BCUT2D eigenvalue weighted by Crippen LogP contribution is 2.47. The molecule has 4 rings (SSSR count). The van der Waals surface area contributed by atoms with Crippen molar-refractivity contribution in [3.63, 3.8) is 0 Å². The maximum Gasteiger partial charge on any atom is 0.254 e. The van der Waals surface area contributed by atoms with Crippen molar-refractivity contribution in [1.29, 1.82) is 0 Å². The highest BCUT2D eigenvalue weighted by atomic mass is 16.5. The lowest BCUT2D eigenvalue weighted by molar-refractivity contribution is -0.121. The number of benzene rings is 3. The molecule has 0 fully saturated rings. The molecule has 0 saturated carbocycles. The van der Waals surface area contributed by atoms with Crippen molar-refractivity contribution in [2.75, 3.05) is 39.8 Å². The molecular weight excluding hydrogens is 468 g/mol. The Hall–Kier alpha value is -4.00. The summed E-state index contributed by atoms with van der Waals surface area (Å²) in [6.07, 6.45) is 0.785. The summed E-state index contributed by atoms with van der Waals surface area (Å²) >= 11 is 0. The highest BCUT2D eigenvalue weighted by Gasteiger charge is 2.45. The Morgan fingerprint density at radius 1 is 0.946 bits per heavy atom. The van der Waals surface area contributed by atoms with Crippen LogP contribution in [0.25, 0.3) is 0 Å². The molecule has 0 radical (unpaired) electrons. The van der Waals surface area contributed by atoms with Crippen LogP contribution in [0.2, 0.25) is 0 Å². The van der Waals surface area contributed by atoms with Gasteiger partial charge in [-0.25, -0.2) is 0 Å². The number of likely N-dealkylation sites (N-methyl/N-ethyl adjacent to an activating group) is 1. The van der Waals surface area contributed by atoms with Crippen LogP contribution in [-0.2, 0) is 4.79 Å². The van der Waals surface area contributed by atoms with Crippen LogP contribution in [-0.4, -0.2) is 51.6 Å². The van der Waals surface area contributed by atoms with Gasteiger partial charge in [-0.3, -0.25) is 9.59 Å². The molecule has 0 aliphatic carbocycles. The van der Waals surface area contributed by atoms with Crippen molar-refractivity contribution in [3.05, 3.63) is 82.9 Å². The van der Waals surface area contributed by atoms with Gasteiger partial charge in [0.1, 0.15) is 5.75 Å². The second-order valence-electron chi connectivity index (χ2n) is 9.24. The zero-order chi connectivity index (χ0) is 26.7. The molecule has 194 valence electrons. The van der Waals surface area contributed by atoms with E-state index in [2.05, 4.69) is 6.92 Å². The molecule has 0 saturated heterocycles. The number of anilines is 1. The van der Waals surface area contributed by atoms with Crippen molar-refractivity contribution in [2.24, 2.45) is 0 Å². The summed E-state index contributed by atoms with van der Waals surface area (Å²) in [5.41, 5.74) is 3.81. The minimum absolute atomic E-state index is 0.0823. The van der Waals surface area contributed by atoms with Gasteiger partial charge < -0.3 is 24.0 Å². The zero-order valence-corrected chi connectivity index (χ0v) is 22.3. The fourth-order valence-corrected chi connectivity index (χ4v) is 5.09. The van der Waals surface area contributed by atoms with Gasteiger partial charge in [-0.05, 0) is 66.4 Å². The van der Waals surface area contributed by atoms with Crippen LogP contribution in [0.4, 0.5) is 5.69 Å². The second kappa shape index (κ2) is 10.9. The lowest BCUT2D eigenvalue weighted by Crippen LogP contribution is -2.47. The average molecular weight is 503 g/mol. The molecule has 37 heavy (non-hydrogen) atoms. The third-order valence-electron chi connectivity index (χ3n) is 6.92. The summed E-state index contributed by atoms with van der Waals surface area (Å²) < 4.78 is 16.4. The molecule has 2 amide bonds. The van der Waals surface area contributed by atoms with E-state index < -0.39 is 12.0 Å². The number of carbonyl (C=O) groups is 2. The minimum atomic E-state index is -0.669. The molecule has 2 atom stereocenters. The summed E-state index contributed by atoms with van der Waals surface area (Å²) in [6.45, 7) is 4.61. The van der Waals surface area contributed by atoms with E-state index in [0.717, 1.165) is 23.2 Å². The first-order chi connectivity index (χ1) is 17.8. The first kappa shape index (κ1) is 26.1. The summed E-state index contributed by atoms with van der Waals surface area (Å²) in [6, 6.07) is 18.4. The molecule has 3 aromatic rings. The van der Waals surface area contributed by atoms with E-state index >= 15 is 0 Å². The van der Waals surface area contributed by atoms with Gasteiger partial charge in [0.2, 0.25) is 5.91 Å². The average Bonchev–Trinajstić information content (AvgIpc) is 2.92. The number of hydrogen-bond acceptors (Lipinski definition) is 5. The number of methoxy groups -OCH3 is 3. The lowest BCUT2D eigenvalue weighted by Gasteiger charge is -2.42. The third kappa shape index (κ3) is 4.86. The first-order valence-corrected chi connectivity index (χ1v) is 12.4. The molecule has 0 spiro atoms. The van der Waals surface area contributed by atoms with Crippen LogP contribution in [0.1, 0.15) is 52.4 Å². The van der Waals surface area contributed by atoms with Gasteiger partial charge >= 0.3 is 0 Å². The van der Waals surface area contributed by atoms with Crippen LogP contribution >= 0.6 is 0 Å². The van der Waals surface area contributed by atoms with Crippen LogP contribution in [0.5, 0.6) is 17.2 Å². The fourth-order valence-electron chi connectivity index (χ4n) is 5.09. The second-order valence-corrected chi connectivity index (χ2v) is 9.24. The molecule has 7 nitrogen and oxygen atoms in total. The Labute approximate surface area is 218 Å². The Kier molecular flexibility index (Phi) is 7.71. The van der Waals surface area contributed by atoms with E-state index in [1.165, 1.54) is 7.11 Å². The zero-order valence-electron chi connectivity index (χ0n) is 22.3. The number of hydrogen-bond donors (Lipinski definition) is 0. The van der Waals surface area contributed by atoms with Crippen molar-refractivity contribution in [1.82, 2.24) is 4.90 Å². The quantitative estimate of drug-likeness (QED) is 0.414. The highest BCUT2D eigenvalue weighted by molar-refractivity contribution is 6.05. The SMILES string of the molecule is CCCN(C(=O)[C@@H]1c2cc(OC)c(OC)cc2C(=O)N(C)[C@@H]1c1ccc(OC)cc1)c1cccc(C)c1. The van der Waals surface area contributed by atoms with Crippen LogP contribution in [0.15, 0.2) is 60.7 Å². The molecule has 3 aromatic carbocycles. The van der Waals surface area contributed by atoms with Gasteiger partial charge in [-0.1, -0.05) is 31.2 Å². The summed E-state index contributed by atoms with van der Waals surface area (Å²) in [7, 11) is 6.44. The number of fused-ring (bicyclic) bond motifs is 1. The minimum Gasteiger partial charge on any atom is -0.497 e. The maximum atomic E-state index is 14.6. The topological polar surface area (TPSA) is 68.3 Å². The summed E-state index contributed by atoms with van der Waals surface area (Å²) in [5, 5.41) is 0. The monoisotopic (exact) mass is 502 g/mol. The van der Waals surface area contributed by atoms with E-state index in [1.54, 1.807) is 38.3 Å². The van der Waals surface area contributed by atoms with Crippen LogP contribution in [0, 0.1) is 6.92 Å². The summed E-state index contributed by atoms with van der Waals surface area (Å²) in [5.74, 6) is 0.691. The van der Waals surface area contributed by atoms with Crippen molar-refractivity contribution in [2.45, 2.75) is 32.2 Å². The van der Waals surface area contributed by atoms with Crippen molar-refractivity contribution < 1.29 is 23.8 Å². The molecule has 1 heterocycles. The van der Waals surface area contributed by atoms with Gasteiger partial charge in [-0.15, -0.1) is 0 Å². The van der Waals surface area contributed by atoms with Crippen LogP contribution in [0.3, 0.4) is 0 Å². The van der Waals surface area contributed by atoms with Gasteiger partial charge in [0.05, 0.1) is 33.3 Å². The van der Waals surface area contributed by atoms with E-state index in [1.807, 2.05) is 60.4 Å². The Balaban J connectivity index is 1.94. The van der Waals surface area contributed by atoms with Crippen molar-refractivity contribution in [3.8, 4) is 17.2 Å². The number of ether oxygens (including phenoxy) is 3. The summed E-state index contributed by atoms with van der Waals surface area (Å²) in [4.78, 5) is 31.7. The Morgan fingerprint density at radius 2 is 1.62 bits per heavy atom. The van der Waals surface area contributed by atoms with E-state index in [0.29, 0.717) is 34.9 Å². The predicted octanol–water partition coefficient (Wildman–Crippen LogP) is 5.37. The molecule has 0 N–H and O–H groups in total. The molecule has 0 bridgehead atoms. The molecule has 0 aromatic heterocycles. The molecule has 7 heteroatoms. The number of aryl methyl sites for hydroxylation is 1. The van der Waals surface area contributed by atoms with Gasteiger partial charge in [-0.2, -0.15) is 0 Å².